The second kappa shape index (κ2) is 2.96. The van der Waals surface area contributed by atoms with Gasteiger partial charge >= 0.3 is 0 Å². The number of hydrogen-bond acceptors (Lipinski definition) is 2. The molecule has 2 nitrogen and oxygen atoms in total. The maximum Gasteiger partial charge on any atom is 0.0765 e. The lowest BCUT2D eigenvalue weighted by atomic mass is 9.68. The molecule has 0 aromatic heterocycles. The highest BCUT2D eigenvalue weighted by Crippen LogP contribution is 2.66. The Kier molecular flexibility index (Phi) is 2.30. The SMILES string of the molecule is C[C@@]1(O)C[C@H]2CC[C@]1(C)C2(O)CCBr. The van der Waals surface area contributed by atoms with Crippen LogP contribution in [0.4, 0.5) is 0 Å². The summed E-state index contributed by atoms with van der Waals surface area (Å²) in [7, 11) is 0. The Morgan fingerprint density at radius 3 is 2.36 bits per heavy atom. The van der Waals surface area contributed by atoms with E-state index in [9.17, 15) is 10.2 Å². The summed E-state index contributed by atoms with van der Waals surface area (Å²) in [4.78, 5) is 0. The Labute approximate surface area is 93.8 Å². The Hall–Kier alpha value is 0.400. The van der Waals surface area contributed by atoms with Crippen molar-refractivity contribution >= 4 is 15.9 Å². The molecule has 0 heterocycles. The van der Waals surface area contributed by atoms with Crippen LogP contribution in [0.3, 0.4) is 0 Å². The normalized spacial score (nSPS) is 56.8. The Morgan fingerprint density at radius 2 is 2.00 bits per heavy atom. The van der Waals surface area contributed by atoms with Crippen LogP contribution in [0.15, 0.2) is 0 Å². The van der Waals surface area contributed by atoms with E-state index in [-0.39, 0.29) is 5.41 Å². The van der Waals surface area contributed by atoms with Gasteiger partial charge in [-0.1, -0.05) is 22.9 Å². The van der Waals surface area contributed by atoms with Gasteiger partial charge in [-0.3, -0.25) is 0 Å². The molecule has 14 heavy (non-hydrogen) atoms. The molecule has 4 atom stereocenters. The van der Waals surface area contributed by atoms with Gasteiger partial charge in [0.05, 0.1) is 11.2 Å². The second-order valence-corrected chi connectivity index (χ2v) is 6.20. The molecule has 0 aromatic rings. The molecule has 2 N–H and O–H groups in total. The molecule has 0 spiro atoms. The summed E-state index contributed by atoms with van der Waals surface area (Å²) in [6.45, 7) is 3.92. The molecule has 2 saturated carbocycles. The van der Waals surface area contributed by atoms with Crippen molar-refractivity contribution in [3.63, 3.8) is 0 Å². The van der Waals surface area contributed by atoms with Crippen LogP contribution in [0.1, 0.15) is 39.5 Å². The largest absolute Gasteiger partial charge is 0.389 e. The Balaban J connectivity index is 2.37. The zero-order valence-electron chi connectivity index (χ0n) is 8.89. The maximum absolute atomic E-state index is 10.7. The van der Waals surface area contributed by atoms with E-state index in [0.29, 0.717) is 5.92 Å². The van der Waals surface area contributed by atoms with Crippen LogP contribution in [-0.2, 0) is 0 Å². The predicted octanol–water partition coefficient (Wildman–Crippen LogP) is 2.07. The number of alkyl halides is 1. The van der Waals surface area contributed by atoms with Crippen molar-refractivity contribution in [2.75, 3.05) is 5.33 Å². The number of fused-ring (bicyclic) bond motifs is 2. The molecule has 0 radical (unpaired) electrons. The van der Waals surface area contributed by atoms with Crippen molar-refractivity contribution < 1.29 is 10.2 Å². The van der Waals surface area contributed by atoms with Crippen LogP contribution >= 0.6 is 15.9 Å². The van der Waals surface area contributed by atoms with E-state index in [0.717, 1.165) is 31.0 Å². The van der Waals surface area contributed by atoms with E-state index in [1.54, 1.807) is 0 Å². The lowest BCUT2D eigenvalue weighted by Gasteiger charge is -2.43. The minimum atomic E-state index is -0.688. The minimum Gasteiger partial charge on any atom is -0.389 e. The lowest BCUT2D eigenvalue weighted by molar-refractivity contribution is -0.125. The number of hydrogen-bond donors (Lipinski definition) is 2. The van der Waals surface area contributed by atoms with Crippen LogP contribution in [0.2, 0.25) is 0 Å². The van der Waals surface area contributed by atoms with Gasteiger partial charge < -0.3 is 10.2 Å². The first-order chi connectivity index (χ1) is 6.37. The van der Waals surface area contributed by atoms with Crippen molar-refractivity contribution in [2.45, 2.75) is 50.7 Å². The Bertz CT molecular complexity index is 254. The first kappa shape index (κ1) is 10.9. The summed E-state index contributed by atoms with van der Waals surface area (Å²) in [5.41, 5.74) is -1.65. The molecule has 0 aliphatic heterocycles. The molecule has 1 unspecified atom stereocenters. The quantitative estimate of drug-likeness (QED) is 0.749. The fraction of sp³-hybridized carbons (Fsp3) is 1.00. The van der Waals surface area contributed by atoms with Crippen LogP contribution in [0.25, 0.3) is 0 Å². The average molecular weight is 263 g/mol. The summed E-state index contributed by atoms with van der Waals surface area (Å²) >= 11 is 3.40. The molecule has 2 fully saturated rings. The van der Waals surface area contributed by atoms with Gasteiger partial charge in [-0.2, -0.15) is 0 Å². The minimum absolute atomic E-state index is 0.292. The van der Waals surface area contributed by atoms with E-state index in [2.05, 4.69) is 15.9 Å². The van der Waals surface area contributed by atoms with E-state index in [1.165, 1.54) is 0 Å². The Morgan fingerprint density at radius 1 is 1.36 bits per heavy atom. The zero-order chi connectivity index (χ0) is 10.6. The average Bonchev–Trinajstić information content (AvgIpc) is 2.37. The zero-order valence-corrected chi connectivity index (χ0v) is 10.5. The fourth-order valence-corrected chi connectivity index (χ4v) is 4.31. The summed E-state index contributed by atoms with van der Waals surface area (Å²) in [6, 6.07) is 0. The maximum atomic E-state index is 10.7. The first-order valence-corrected chi connectivity index (χ1v) is 6.50. The van der Waals surface area contributed by atoms with E-state index in [1.807, 2.05) is 13.8 Å². The summed E-state index contributed by atoms with van der Waals surface area (Å²) in [5.74, 6) is 0.292. The molecular formula is C11H19BrO2. The van der Waals surface area contributed by atoms with Crippen molar-refractivity contribution in [1.29, 1.82) is 0 Å². The molecule has 3 heteroatoms. The summed E-state index contributed by atoms with van der Waals surface area (Å²) in [5, 5.41) is 21.8. The third-order valence-electron chi connectivity index (χ3n) is 4.93. The highest BCUT2D eigenvalue weighted by molar-refractivity contribution is 9.09. The smallest absolute Gasteiger partial charge is 0.0765 e. The first-order valence-electron chi connectivity index (χ1n) is 5.38. The summed E-state index contributed by atoms with van der Waals surface area (Å²) in [6.07, 6.45) is 3.53. The van der Waals surface area contributed by atoms with E-state index >= 15 is 0 Å². The highest BCUT2D eigenvalue weighted by atomic mass is 79.9. The predicted molar refractivity (Wildman–Crippen MR) is 59.4 cm³/mol. The molecule has 0 amide bonds. The molecule has 2 aliphatic carbocycles. The second-order valence-electron chi connectivity index (χ2n) is 5.41. The van der Waals surface area contributed by atoms with Gasteiger partial charge in [0.15, 0.2) is 0 Å². The van der Waals surface area contributed by atoms with Crippen molar-refractivity contribution in [3.05, 3.63) is 0 Å². The van der Waals surface area contributed by atoms with Gasteiger partial charge in [0, 0.05) is 10.7 Å². The third-order valence-corrected chi connectivity index (χ3v) is 5.33. The van der Waals surface area contributed by atoms with Gasteiger partial charge in [0.1, 0.15) is 0 Å². The molecule has 82 valence electrons. The topological polar surface area (TPSA) is 40.5 Å². The van der Waals surface area contributed by atoms with E-state index < -0.39 is 11.2 Å². The van der Waals surface area contributed by atoms with Crippen molar-refractivity contribution in [3.8, 4) is 0 Å². The molecule has 0 saturated heterocycles. The van der Waals surface area contributed by atoms with Gasteiger partial charge in [0.25, 0.3) is 0 Å². The van der Waals surface area contributed by atoms with Crippen LogP contribution in [-0.4, -0.2) is 26.7 Å². The monoisotopic (exact) mass is 262 g/mol. The number of halogens is 1. The standard InChI is InChI=1S/C11H19BrO2/c1-9-4-3-8(7-10(9,2)13)11(9,14)5-6-12/h8,13-14H,3-7H2,1-2H3/t8-,9+,10-,11?/m1/s1. The molecule has 2 bridgehead atoms. The van der Waals surface area contributed by atoms with E-state index in [4.69, 9.17) is 0 Å². The van der Waals surface area contributed by atoms with Gasteiger partial charge in [-0.15, -0.1) is 0 Å². The molecule has 2 rings (SSSR count). The number of aliphatic hydroxyl groups is 2. The molecule has 0 aromatic carbocycles. The van der Waals surface area contributed by atoms with Crippen molar-refractivity contribution in [2.24, 2.45) is 11.3 Å². The lowest BCUT2D eigenvalue weighted by Crippen LogP contribution is -2.50. The van der Waals surface area contributed by atoms with Crippen LogP contribution < -0.4 is 0 Å². The molecule has 2 aliphatic rings. The third kappa shape index (κ3) is 1.04. The van der Waals surface area contributed by atoms with Crippen LogP contribution in [0.5, 0.6) is 0 Å². The van der Waals surface area contributed by atoms with Crippen molar-refractivity contribution in [1.82, 2.24) is 0 Å². The summed E-state index contributed by atoms with van der Waals surface area (Å²) < 4.78 is 0. The number of rotatable bonds is 2. The van der Waals surface area contributed by atoms with Gasteiger partial charge in [-0.25, -0.2) is 0 Å². The van der Waals surface area contributed by atoms with Crippen LogP contribution in [0, 0.1) is 11.3 Å². The molecular weight excluding hydrogens is 244 g/mol. The highest BCUT2D eigenvalue weighted by Gasteiger charge is 2.69. The van der Waals surface area contributed by atoms with Gasteiger partial charge in [-0.05, 0) is 38.5 Å². The fourth-order valence-electron chi connectivity index (χ4n) is 3.70. The van der Waals surface area contributed by atoms with Gasteiger partial charge in [0.2, 0.25) is 0 Å².